The van der Waals surface area contributed by atoms with Gasteiger partial charge in [0.1, 0.15) is 0 Å². The van der Waals surface area contributed by atoms with Gasteiger partial charge < -0.3 is 5.32 Å². The van der Waals surface area contributed by atoms with Crippen molar-refractivity contribution in [2.24, 2.45) is 0 Å². The zero-order valence-electron chi connectivity index (χ0n) is 12.8. The molecule has 1 heterocycles. The third-order valence-electron chi connectivity index (χ3n) is 3.92. The molecule has 0 saturated heterocycles. The van der Waals surface area contributed by atoms with E-state index in [-0.39, 0.29) is 0 Å². The molecular formula is C17H21N3S. The molecule has 0 amide bonds. The van der Waals surface area contributed by atoms with Crippen molar-refractivity contribution in [3.8, 4) is 0 Å². The van der Waals surface area contributed by atoms with Crippen molar-refractivity contribution in [3.63, 3.8) is 0 Å². The summed E-state index contributed by atoms with van der Waals surface area (Å²) in [4.78, 5) is 10.3. The van der Waals surface area contributed by atoms with Crippen LogP contribution in [-0.2, 0) is 6.54 Å². The summed E-state index contributed by atoms with van der Waals surface area (Å²) in [6, 6.07) is 9.44. The van der Waals surface area contributed by atoms with Crippen molar-refractivity contribution in [2.45, 2.75) is 56.3 Å². The van der Waals surface area contributed by atoms with Gasteiger partial charge >= 0.3 is 0 Å². The lowest BCUT2D eigenvalue weighted by Crippen LogP contribution is -2.14. The summed E-state index contributed by atoms with van der Waals surface area (Å²) >= 11 is 1.63. The van der Waals surface area contributed by atoms with Gasteiger partial charge in [0.2, 0.25) is 0 Å². The number of benzene rings is 1. The van der Waals surface area contributed by atoms with Crippen molar-refractivity contribution in [3.05, 3.63) is 46.8 Å². The van der Waals surface area contributed by atoms with Crippen LogP contribution in [0.3, 0.4) is 0 Å². The van der Waals surface area contributed by atoms with Gasteiger partial charge in [-0.1, -0.05) is 12.1 Å². The predicted molar refractivity (Wildman–Crippen MR) is 86.7 cm³/mol. The minimum absolute atomic E-state index is 0.756. The maximum atomic E-state index is 4.56. The first-order valence-electron chi connectivity index (χ1n) is 7.44. The third-order valence-corrected chi connectivity index (χ3v) is 4.79. The molecular weight excluding hydrogens is 278 g/mol. The predicted octanol–water partition coefficient (Wildman–Crippen LogP) is 3.81. The van der Waals surface area contributed by atoms with Crippen LogP contribution in [0.25, 0.3) is 0 Å². The van der Waals surface area contributed by atoms with Crippen molar-refractivity contribution in [1.29, 1.82) is 0 Å². The second kappa shape index (κ2) is 6.16. The molecule has 2 aromatic rings. The molecule has 110 valence electrons. The largest absolute Gasteiger partial charge is 0.310 e. The fourth-order valence-corrected chi connectivity index (χ4v) is 2.97. The van der Waals surface area contributed by atoms with Crippen LogP contribution in [0.15, 0.2) is 34.3 Å². The van der Waals surface area contributed by atoms with Gasteiger partial charge in [0.15, 0.2) is 5.16 Å². The van der Waals surface area contributed by atoms with E-state index in [9.17, 15) is 0 Å². The third kappa shape index (κ3) is 3.83. The lowest BCUT2D eigenvalue weighted by molar-refractivity contribution is 0.687. The smallest absolute Gasteiger partial charge is 0.192 e. The molecule has 3 rings (SSSR count). The molecule has 0 atom stereocenters. The summed E-state index contributed by atoms with van der Waals surface area (Å²) in [6.07, 6.45) is 2.66. The number of aromatic nitrogens is 2. The van der Waals surface area contributed by atoms with Crippen LogP contribution in [0.1, 0.15) is 35.4 Å². The number of aryl methyl sites for hydroxylation is 2. The molecule has 0 bridgehead atoms. The first kappa shape index (κ1) is 14.5. The minimum atomic E-state index is 0.756. The minimum Gasteiger partial charge on any atom is -0.310 e. The molecule has 1 fully saturated rings. The fraction of sp³-hybridized carbons (Fsp3) is 0.412. The van der Waals surface area contributed by atoms with E-state index in [1.807, 2.05) is 13.8 Å². The van der Waals surface area contributed by atoms with Crippen LogP contribution in [0.4, 0.5) is 0 Å². The van der Waals surface area contributed by atoms with E-state index >= 15 is 0 Å². The first-order valence-corrected chi connectivity index (χ1v) is 8.25. The molecule has 0 unspecified atom stereocenters. The molecule has 1 aliphatic rings. The summed E-state index contributed by atoms with van der Waals surface area (Å²) in [6.45, 7) is 7.12. The molecule has 3 nitrogen and oxygen atoms in total. The van der Waals surface area contributed by atoms with Crippen LogP contribution in [0, 0.1) is 20.8 Å². The van der Waals surface area contributed by atoms with Gasteiger partial charge in [-0.15, -0.1) is 0 Å². The number of rotatable bonds is 5. The van der Waals surface area contributed by atoms with Gasteiger partial charge in [-0.2, -0.15) is 0 Å². The second-order valence-corrected chi connectivity index (χ2v) is 6.74. The number of nitrogens with zero attached hydrogens (tertiary/aromatic N) is 2. The van der Waals surface area contributed by atoms with E-state index in [1.165, 1.54) is 28.9 Å². The summed E-state index contributed by atoms with van der Waals surface area (Å²) in [5.41, 5.74) is 4.65. The van der Waals surface area contributed by atoms with Gasteiger partial charge in [-0.3, -0.25) is 0 Å². The average Bonchev–Trinajstić information content (AvgIpc) is 3.28. The molecule has 0 spiro atoms. The Labute approximate surface area is 130 Å². The Morgan fingerprint density at radius 1 is 1.05 bits per heavy atom. The van der Waals surface area contributed by atoms with Crippen LogP contribution in [-0.4, -0.2) is 16.0 Å². The van der Waals surface area contributed by atoms with Crippen molar-refractivity contribution in [2.75, 3.05) is 0 Å². The lowest BCUT2D eigenvalue weighted by Gasteiger charge is -2.07. The molecule has 4 heteroatoms. The standard InChI is InChI=1S/C17H21N3S/c1-11-12(2)19-17(20-13(11)3)21-16-8-4-14(5-9-16)10-18-15-6-7-15/h4-5,8-9,15,18H,6-7,10H2,1-3H3. The number of nitrogens with one attached hydrogen (secondary N) is 1. The van der Waals surface area contributed by atoms with Crippen LogP contribution in [0.5, 0.6) is 0 Å². The van der Waals surface area contributed by atoms with E-state index in [0.717, 1.165) is 29.1 Å². The summed E-state index contributed by atoms with van der Waals surface area (Å²) < 4.78 is 0. The lowest BCUT2D eigenvalue weighted by atomic mass is 10.2. The summed E-state index contributed by atoms with van der Waals surface area (Å²) in [5, 5.41) is 4.36. The number of hydrogen-bond donors (Lipinski definition) is 1. The van der Waals surface area contributed by atoms with Crippen molar-refractivity contribution < 1.29 is 0 Å². The molecule has 1 saturated carbocycles. The Balaban J connectivity index is 1.66. The molecule has 21 heavy (non-hydrogen) atoms. The highest BCUT2D eigenvalue weighted by molar-refractivity contribution is 7.99. The molecule has 1 aliphatic carbocycles. The molecule has 1 aromatic carbocycles. The van der Waals surface area contributed by atoms with E-state index in [2.05, 4.69) is 46.5 Å². The van der Waals surface area contributed by atoms with Gasteiger partial charge in [0.05, 0.1) is 0 Å². The molecule has 0 aliphatic heterocycles. The van der Waals surface area contributed by atoms with Gasteiger partial charge in [0.25, 0.3) is 0 Å². The number of hydrogen-bond acceptors (Lipinski definition) is 4. The van der Waals surface area contributed by atoms with Gasteiger partial charge in [-0.25, -0.2) is 9.97 Å². The van der Waals surface area contributed by atoms with Crippen LogP contribution >= 0.6 is 11.8 Å². The van der Waals surface area contributed by atoms with E-state index in [1.54, 1.807) is 11.8 Å². The van der Waals surface area contributed by atoms with E-state index < -0.39 is 0 Å². The highest BCUT2D eigenvalue weighted by atomic mass is 32.2. The molecule has 1 N–H and O–H groups in total. The Hall–Kier alpha value is -1.39. The Morgan fingerprint density at radius 3 is 2.24 bits per heavy atom. The van der Waals surface area contributed by atoms with Crippen LogP contribution < -0.4 is 5.32 Å². The monoisotopic (exact) mass is 299 g/mol. The molecule has 0 radical (unpaired) electrons. The highest BCUT2D eigenvalue weighted by Gasteiger charge is 2.19. The zero-order chi connectivity index (χ0) is 14.8. The SMILES string of the molecule is Cc1nc(Sc2ccc(CNC3CC3)cc2)nc(C)c1C. The average molecular weight is 299 g/mol. The van der Waals surface area contributed by atoms with Crippen molar-refractivity contribution in [1.82, 2.24) is 15.3 Å². The topological polar surface area (TPSA) is 37.8 Å². The Morgan fingerprint density at radius 2 is 1.67 bits per heavy atom. The summed E-state index contributed by atoms with van der Waals surface area (Å²) in [7, 11) is 0. The van der Waals surface area contributed by atoms with E-state index in [4.69, 9.17) is 0 Å². The zero-order valence-corrected chi connectivity index (χ0v) is 13.6. The quantitative estimate of drug-likeness (QED) is 0.852. The van der Waals surface area contributed by atoms with E-state index in [0.29, 0.717) is 0 Å². The Kier molecular flexibility index (Phi) is 4.27. The van der Waals surface area contributed by atoms with Gasteiger partial charge in [-0.05, 0) is 68.6 Å². The van der Waals surface area contributed by atoms with Crippen molar-refractivity contribution >= 4 is 11.8 Å². The maximum absolute atomic E-state index is 4.56. The first-order chi connectivity index (χ1) is 10.1. The summed E-state index contributed by atoms with van der Waals surface area (Å²) in [5.74, 6) is 0. The second-order valence-electron chi connectivity index (χ2n) is 5.70. The fourth-order valence-electron chi connectivity index (χ4n) is 2.12. The maximum Gasteiger partial charge on any atom is 0.192 e. The van der Waals surface area contributed by atoms with Crippen LogP contribution in [0.2, 0.25) is 0 Å². The van der Waals surface area contributed by atoms with Gasteiger partial charge in [0, 0.05) is 28.9 Å². The molecule has 1 aromatic heterocycles. The Bertz CT molecular complexity index is 610. The highest BCUT2D eigenvalue weighted by Crippen LogP contribution is 2.26. The normalized spacial score (nSPS) is 14.4.